The van der Waals surface area contributed by atoms with Crippen molar-refractivity contribution in [2.75, 3.05) is 27.3 Å². The van der Waals surface area contributed by atoms with Crippen molar-refractivity contribution in [2.24, 2.45) is 0 Å². The summed E-state index contributed by atoms with van der Waals surface area (Å²) in [6, 6.07) is 9.66. The molecule has 1 saturated heterocycles. The van der Waals surface area contributed by atoms with Crippen molar-refractivity contribution >= 4 is 27.4 Å². The third kappa shape index (κ3) is 3.64. The monoisotopic (exact) mass is 451 g/mol. The quantitative estimate of drug-likeness (QED) is 0.707. The number of methoxy groups -OCH3 is 2. The molecular formula is C21H22ClNO6S. The molecule has 0 unspecified atom stereocenters. The summed E-state index contributed by atoms with van der Waals surface area (Å²) in [6.45, 7) is 0.466. The molecule has 0 radical (unpaired) electrons. The summed E-state index contributed by atoms with van der Waals surface area (Å²) in [5.74, 6) is 1.33. The maximum Gasteiger partial charge on any atom is 0.246 e. The molecule has 0 aliphatic carbocycles. The number of benzene rings is 2. The Labute approximate surface area is 180 Å². The van der Waals surface area contributed by atoms with Gasteiger partial charge < -0.3 is 14.2 Å². The zero-order valence-electron chi connectivity index (χ0n) is 16.7. The summed E-state index contributed by atoms with van der Waals surface area (Å²) in [4.78, 5) is 12.8. The van der Waals surface area contributed by atoms with Crippen LogP contribution in [0.15, 0.2) is 41.3 Å². The smallest absolute Gasteiger partial charge is 0.246 e. The number of sulfonamides is 1. The van der Waals surface area contributed by atoms with Gasteiger partial charge in [-0.25, -0.2) is 8.42 Å². The first kappa shape index (κ1) is 21.0. The van der Waals surface area contributed by atoms with Gasteiger partial charge in [0.1, 0.15) is 27.7 Å². The fourth-order valence-electron chi connectivity index (χ4n) is 4.00. The molecule has 2 aromatic carbocycles. The van der Waals surface area contributed by atoms with Gasteiger partial charge >= 0.3 is 0 Å². The number of carbonyl (C=O) groups is 1. The van der Waals surface area contributed by atoms with Crippen LogP contribution < -0.4 is 14.2 Å². The first-order chi connectivity index (χ1) is 14.3. The Balaban J connectivity index is 1.55. The van der Waals surface area contributed by atoms with E-state index in [1.54, 1.807) is 31.4 Å². The van der Waals surface area contributed by atoms with E-state index < -0.39 is 15.6 Å². The van der Waals surface area contributed by atoms with Gasteiger partial charge in [-0.15, -0.1) is 0 Å². The largest absolute Gasteiger partial charge is 0.497 e. The predicted octanol–water partition coefficient (Wildman–Crippen LogP) is 3.55. The fourth-order valence-corrected chi connectivity index (χ4v) is 5.86. The average molecular weight is 452 g/mol. The van der Waals surface area contributed by atoms with E-state index in [4.69, 9.17) is 25.8 Å². The van der Waals surface area contributed by atoms with Gasteiger partial charge in [-0.3, -0.25) is 4.79 Å². The number of Topliss-reactive ketones (excluding diaryl/α,β-unsaturated/α-hetero) is 1. The van der Waals surface area contributed by atoms with Crippen LogP contribution in [0, 0.1) is 0 Å². The van der Waals surface area contributed by atoms with Crippen molar-refractivity contribution in [3.05, 3.63) is 47.0 Å². The molecule has 0 aromatic heterocycles. The lowest BCUT2D eigenvalue weighted by atomic mass is 9.83. The van der Waals surface area contributed by atoms with E-state index in [0.29, 0.717) is 34.9 Å². The van der Waals surface area contributed by atoms with E-state index in [-0.39, 0.29) is 35.9 Å². The van der Waals surface area contributed by atoms with Crippen LogP contribution in [-0.2, 0) is 10.0 Å². The van der Waals surface area contributed by atoms with Gasteiger partial charge in [0.05, 0.1) is 26.2 Å². The Kier molecular flexibility index (Phi) is 5.42. The van der Waals surface area contributed by atoms with Gasteiger partial charge in [-0.2, -0.15) is 4.31 Å². The first-order valence-electron chi connectivity index (χ1n) is 9.52. The second-order valence-electron chi connectivity index (χ2n) is 7.45. The number of hydrogen-bond donors (Lipinski definition) is 0. The van der Waals surface area contributed by atoms with Crippen molar-refractivity contribution in [2.45, 2.75) is 29.8 Å². The van der Waals surface area contributed by atoms with Gasteiger partial charge in [0.25, 0.3) is 0 Å². The molecular weight excluding hydrogens is 430 g/mol. The minimum absolute atomic E-state index is 0.0250. The van der Waals surface area contributed by atoms with Crippen LogP contribution in [0.2, 0.25) is 5.02 Å². The predicted molar refractivity (Wildman–Crippen MR) is 111 cm³/mol. The highest BCUT2D eigenvalue weighted by Gasteiger charge is 2.45. The third-order valence-corrected chi connectivity index (χ3v) is 7.83. The van der Waals surface area contributed by atoms with Crippen molar-refractivity contribution in [1.29, 1.82) is 0 Å². The minimum Gasteiger partial charge on any atom is -0.497 e. The van der Waals surface area contributed by atoms with Crippen molar-refractivity contribution in [1.82, 2.24) is 4.31 Å². The molecule has 9 heteroatoms. The normalized spacial score (nSPS) is 18.6. The molecule has 1 fully saturated rings. The highest BCUT2D eigenvalue weighted by molar-refractivity contribution is 7.89. The number of carbonyl (C=O) groups excluding carboxylic acids is 1. The van der Waals surface area contributed by atoms with Crippen LogP contribution in [-0.4, -0.2) is 51.4 Å². The molecule has 0 amide bonds. The number of halogens is 1. The molecule has 30 heavy (non-hydrogen) atoms. The van der Waals surface area contributed by atoms with Crippen molar-refractivity contribution < 1.29 is 27.4 Å². The van der Waals surface area contributed by atoms with Crippen molar-refractivity contribution in [3.8, 4) is 17.2 Å². The Morgan fingerprint density at radius 3 is 2.47 bits per heavy atom. The molecule has 4 rings (SSSR count). The molecule has 7 nitrogen and oxygen atoms in total. The Morgan fingerprint density at radius 1 is 1.07 bits per heavy atom. The first-order valence-corrected chi connectivity index (χ1v) is 11.3. The van der Waals surface area contributed by atoms with Crippen molar-refractivity contribution in [3.63, 3.8) is 0 Å². The average Bonchev–Trinajstić information content (AvgIpc) is 2.74. The molecule has 160 valence electrons. The number of ketones is 1. The zero-order valence-corrected chi connectivity index (χ0v) is 18.3. The molecule has 2 heterocycles. The maximum absolute atomic E-state index is 13.2. The standard InChI is InChI=1S/C21H22ClNO6S/c1-27-15-4-6-18-16(12-15)17(24)13-21(29-18)7-9-23(10-8-21)30(25,26)20-11-14(22)3-5-19(20)28-2/h3-6,11-12H,7-10,13H2,1-2H3. The number of ether oxygens (including phenoxy) is 3. The second-order valence-corrected chi connectivity index (χ2v) is 9.79. The zero-order chi connectivity index (χ0) is 21.5. The number of hydrogen-bond acceptors (Lipinski definition) is 6. The molecule has 2 aliphatic rings. The van der Waals surface area contributed by atoms with Crippen LogP contribution in [0.5, 0.6) is 17.2 Å². The molecule has 2 aliphatic heterocycles. The Morgan fingerprint density at radius 2 is 1.80 bits per heavy atom. The Hall–Kier alpha value is -2.29. The van der Waals surface area contributed by atoms with Gasteiger partial charge in [-0.05, 0) is 36.4 Å². The van der Waals surface area contributed by atoms with E-state index in [9.17, 15) is 13.2 Å². The van der Waals surface area contributed by atoms with E-state index in [0.717, 1.165) is 0 Å². The van der Waals surface area contributed by atoms with Gasteiger partial charge in [-0.1, -0.05) is 11.6 Å². The van der Waals surface area contributed by atoms with Gasteiger partial charge in [0.15, 0.2) is 5.78 Å². The summed E-state index contributed by atoms with van der Waals surface area (Å²) in [5.41, 5.74) is -0.206. The summed E-state index contributed by atoms with van der Waals surface area (Å²) >= 11 is 6.02. The highest BCUT2D eigenvalue weighted by Crippen LogP contribution is 2.42. The van der Waals surface area contributed by atoms with Crippen LogP contribution in [0.25, 0.3) is 0 Å². The molecule has 0 saturated carbocycles. The summed E-state index contributed by atoms with van der Waals surface area (Å²) < 4.78 is 44.4. The topological polar surface area (TPSA) is 82.1 Å². The van der Waals surface area contributed by atoms with Crippen LogP contribution in [0.4, 0.5) is 0 Å². The van der Waals surface area contributed by atoms with Gasteiger partial charge in [0, 0.05) is 31.0 Å². The number of fused-ring (bicyclic) bond motifs is 1. The second kappa shape index (κ2) is 7.76. The maximum atomic E-state index is 13.2. The summed E-state index contributed by atoms with van der Waals surface area (Å²) in [5, 5.41) is 0.316. The minimum atomic E-state index is -3.80. The molecule has 1 spiro atoms. The third-order valence-electron chi connectivity index (χ3n) is 5.67. The lowest BCUT2D eigenvalue weighted by Crippen LogP contribution is -2.52. The summed E-state index contributed by atoms with van der Waals surface area (Å²) in [7, 11) is -0.837. The van der Waals surface area contributed by atoms with E-state index >= 15 is 0 Å². The van der Waals surface area contributed by atoms with Crippen LogP contribution >= 0.6 is 11.6 Å². The summed E-state index contributed by atoms with van der Waals surface area (Å²) in [6.07, 6.45) is 1.03. The Bertz CT molecular complexity index is 1090. The van der Waals surface area contributed by atoms with E-state index in [1.807, 2.05) is 0 Å². The molecule has 0 atom stereocenters. The molecule has 0 N–H and O–H groups in total. The van der Waals surface area contributed by atoms with E-state index in [2.05, 4.69) is 0 Å². The SMILES string of the molecule is COc1ccc2c(c1)C(=O)CC1(CCN(S(=O)(=O)c3cc(Cl)ccc3OC)CC1)O2. The highest BCUT2D eigenvalue weighted by atomic mass is 35.5. The number of piperidine rings is 1. The van der Waals surface area contributed by atoms with Crippen LogP contribution in [0.3, 0.4) is 0 Å². The lowest BCUT2D eigenvalue weighted by Gasteiger charge is -2.43. The number of nitrogens with zero attached hydrogens (tertiary/aromatic N) is 1. The van der Waals surface area contributed by atoms with Gasteiger partial charge in [0.2, 0.25) is 10.0 Å². The fraction of sp³-hybridized carbons (Fsp3) is 0.381. The molecule has 0 bridgehead atoms. The number of rotatable bonds is 4. The lowest BCUT2D eigenvalue weighted by molar-refractivity contribution is 0.00582. The van der Waals surface area contributed by atoms with E-state index in [1.165, 1.54) is 23.5 Å². The molecule has 2 aromatic rings. The van der Waals surface area contributed by atoms with Crippen LogP contribution in [0.1, 0.15) is 29.6 Å².